The summed E-state index contributed by atoms with van der Waals surface area (Å²) >= 11 is 0. The molecule has 1 aliphatic carbocycles. The fourth-order valence-corrected chi connectivity index (χ4v) is 3.34. The molecule has 1 N–H and O–H groups in total. The maximum Gasteiger partial charge on any atom is 0.235 e. The van der Waals surface area contributed by atoms with Gasteiger partial charge in [0.05, 0.1) is 11.3 Å². The Hall–Kier alpha value is -2.94. The van der Waals surface area contributed by atoms with Crippen molar-refractivity contribution in [1.29, 1.82) is 0 Å². The lowest BCUT2D eigenvalue weighted by Crippen LogP contribution is -2.23. The molecule has 1 aliphatic rings. The summed E-state index contributed by atoms with van der Waals surface area (Å²) in [5, 5.41) is 0.810. The van der Waals surface area contributed by atoms with Crippen LogP contribution in [0.4, 0.5) is 0 Å². The normalized spacial score (nSPS) is 14.5. The van der Waals surface area contributed by atoms with Gasteiger partial charge in [0.1, 0.15) is 0 Å². The van der Waals surface area contributed by atoms with E-state index in [-0.39, 0.29) is 5.78 Å². The van der Waals surface area contributed by atoms with Gasteiger partial charge in [-0.3, -0.25) is 9.59 Å². The molecule has 3 heteroatoms. The summed E-state index contributed by atoms with van der Waals surface area (Å²) in [6, 6.07) is 17.4. The van der Waals surface area contributed by atoms with Gasteiger partial charge in [-0.05, 0) is 18.1 Å². The Bertz CT molecular complexity index is 977. The lowest BCUT2D eigenvalue weighted by atomic mass is 9.83. The number of nitrogens with one attached hydrogen (secondary N) is 1. The van der Waals surface area contributed by atoms with E-state index in [1.54, 1.807) is 0 Å². The van der Waals surface area contributed by atoms with E-state index in [0.29, 0.717) is 17.6 Å². The van der Waals surface area contributed by atoms with Crippen LogP contribution in [0.5, 0.6) is 0 Å². The van der Waals surface area contributed by atoms with E-state index < -0.39 is 5.78 Å². The summed E-state index contributed by atoms with van der Waals surface area (Å²) < 4.78 is 0. The Labute approximate surface area is 133 Å². The number of rotatable bonds is 2. The van der Waals surface area contributed by atoms with Crippen molar-refractivity contribution in [2.75, 3.05) is 0 Å². The summed E-state index contributed by atoms with van der Waals surface area (Å²) in [5.41, 5.74) is 4.53. The molecular formula is C20H15NO2. The van der Waals surface area contributed by atoms with Gasteiger partial charge < -0.3 is 4.98 Å². The number of para-hydroxylation sites is 1. The molecule has 4 rings (SSSR count). The van der Waals surface area contributed by atoms with Crippen LogP contribution in [-0.4, -0.2) is 16.6 Å². The first-order valence-electron chi connectivity index (χ1n) is 7.71. The van der Waals surface area contributed by atoms with Gasteiger partial charge in [-0.25, -0.2) is 0 Å². The first kappa shape index (κ1) is 13.7. The average Bonchev–Trinajstić information content (AvgIpc) is 2.97. The molecule has 0 unspecified atom stereocenters. The second-order valence-electron chi connectivity index (χ2n) is 5.65. The van der Waals surface area contributed by atoms with Crippen LogP contribution in [0.15, 0.2) is 60.2 Å². The number of ketones is 2. The number of hydrogen-bond acceptors (Lipinski definition) is 2. The van der Waals surface area contributed by atoms with Gasteiger partial charge in [0.15, 0.2) is 0 Å². The third-order valence-electron chi connectivity index (χ3n) is 4.38. The highest BCUT2D eigenvalue weighted by molar-refractivity contribution is 6.54. The smallest absolute Gasteiger partial charge is 0.235 e. The molecule has 0 radical (unpaired) electrons. The lowest BCUT2D eigenvalue weighted by molar-refractivity contribution is -0.112. The summed E-state index contributed by atoms with van der Waals surface area (Å²) in [6.45, 7) is 1.91. The molecule has 112 valence electrons. The van der Waals surface area contributed by atoms with Crippen molar-refractivity contribution in [3.63, 3.8) is 0 Å². The van der Waals surface area contributed by atoms with E-state index in [4.69, 9.17) is 0 Å². The Balaban J connectivity index is 2.13. The Kier molecular flexibility index (Phi) is 3.01. The predicted molar refractivity (Wildman–Crippen MR) is 90.4 cm³/mol. The molecule has 1 heterocycles. The number of H-pyrrole nitrogens is 1. The van der Waals surface area contributed by atoms with Crippen molar-refractivity contribution in [3.05, 3.63) is 77.0 Å². The van der Waals surface area contributed by atoms with Gasteiger partial charge in [-0.15, -0.1) is 0 Å². The number of allylic oxidation sites excluding steroid dienone is 1. The van der Waals surface area contributed by atoms with Crippen LogP contribution in [0.2, 0.25) is 0 Å². The summed E-state index contributed by atoms with van der Waals surface area (Å²) in [7, 11) is 0. The number of Topliss-reactive ketones (excluding diaryl/α,β-unsaturated/α-hetero) is 2. The molecular weight excluding hydrogens is 286 g/mol. The van der Waals surface area contributed by atoms with E-state index >= 15 is 0 Å². The van der Waals surface area contributed by atoms with Crippen molar-refractivity contribution in [1.82, 2.24) is 4.98 Å². The fraction of sp³-hybridized carbons (Fsp3) is 0.100. The zero-order chi connectivity index (χ0) is 16.0. The molecule has 0 bridgehead atoms. The van der Waals surface area contributed by atoms with E-state index in [9.17, 15) is 9.59 Å². The largest absolute Gasteiger partial charge is 0.354 e. The molecule has 0 aliphatic heterocycles. The second-order valence-corrected chi connectivity index (χ2v) is 5.65. The van der Waals surface area contributed by atoms with Crippen molar-refractivity contribution < 1.29 is 9.59 Å². The van der Waals surface area contributed by atoms with Crippen molar-refractivity contribution in [3.8, 4) is 0 Å². The summed E-state index contributed by atoms with van der Waals surface area (Å²) in [4.78, 5) is 28.6. The van der Waals surface area contributed by atoms with E-state index in [1.807, 2.05) is 61.5 Å². The van der Waals surface area contributed by atoms with Crippen LogP contribution < -0.4 is 0 Å². The van der Waals surface area contributed by atoms with Crippen LogP contribution in [0.3, 0.4) is 0 Å². The van der Waals surface area contributed by atoms with Gasteiger partial charge in [-0.2, -0.15) is 0 Å². The molecule has 3 nitrogen and oxygen atoms in total. The molecule has 1 aromatic heterocycles. The SMILES string of the molecule is CCC1=C(c2ccccc2)c2[nH]c3ccccc3c2C(=O)C1=O. The number of fused-ring (bicyclic) bond motifs is 3. The van der Waals surface area contributed by atoms with Crippen molar-refractivity contribution in [2.24, 2.45) is 0 Å². The quantitative estimate of drug-likeness (QED) is 0.723. The van der Waals surface area contributed by atoms with Crippen LogP contribution >= 0.6 is 0 Å². The molecule has 0 fully saturated rings. The Morgan fingerprint density at radius 2 is 1.57 bits per heavy atom. The van der Waals surface area contributed by atoms with E-state index in [0.717, 1.165) is 27.7 Å². The number of benzene rings is 2. The van der Waals surface area contributed by atoms with E-state index in [2.05, 4.69) is 4.98 Å². The molecule has 2 aromatic carbocycles. The molecule has 0 spiro atoms. The van der Waals surface area contributed by atoms with Gasteiger partial charge in [0, 0.05) is 22.0 Å². The number of carbonyl (C=O) groups excluding carboxylic acids is 2. The molecule has 3 aromatic rings. The monoisotopic (exact) mass is 301 g/mol. The average molecular weight is 301 g/mol. The van der Waals surface area contributed by atoms with Crippen LogP contribution in [0.1, 0.15) is 35.0 Å². The number of carbonyl (C=O) groups is 2. The highest BCUT2D eigenvalue weighted by atomic mass is 16.2. The maximum atomic E-state index is 12.6. The fourth-order valence-electron chi connectivity index (χ4n) is 3.34. The van der Waals surface area contributed by atoms with Crippen molar-refractivity contribution >= 4 is 28.0 Å². The molecule has 0 saturated heterocycles. The maximum absolute atomic E-state index is 12.6. The zero-order valence-electron chi connectivity index (χ0n) is 12.7. The van der Waals surface area contributed by atoms with E-state index in [1.165, 1.54) is 0 Å². The third kappa shape index (κ3) is 1.90. The standard InChI is InChI=1S/C20H15NO2/c1-2-13-16(12-8-4-3-5-9-12)18-17(20(23)19(13)22)14-10-6-7-11-15(14)21-18/h3-11,21H,2H2,1H3. The zero-order valence-corrected chi connectivity index (χ0v) is 12.7. The highest BCUT2D eigenvalue weighted by Crippen LogP contribution is 2.38. The van der Waals surface area contributed by atoms with Gasteiger partial charge in [0.25, 0.3) is 0 Å². The first-order chi connectivity index (χ1) is 11.2. The minimum Gasteiger partial charge on any atom is -0.354 e. The topological polar surface area (TPSA) is 49.9 Å². The molecule has 23 heavy (non-hydrogen) atoms. The number of aromatic nitrogens is 1. The first-order valence-corrected chi connectivity index (χ1v) is 7.71. The number of hydrogen-bond donors (Lipinski definition) is 1. The molecule has 0 amide bonds. The van der Waals surface area contributed by atoms with Crippen LogP contribution in [0, 0.1) is 0 Å². The minimum atomic E-state index is -0.408. The molecule has 0 saturated carbocycles. The highest BCUT2D eigenvalue weighted by Gasteiger charge is 2.35. The van der Waals surface area contributed by atoms with Crippen LogP contribution in [-0.2, 0) is 4.79 Å². The Morgan fingerprint density at radius 3 is 2.30 bits per heavy atom. The van der Waals surface area contributed by atoms with Crippen LogP contribution in [0.25, 0.3) is 16.5 Å². The summed E-state index contributed by atoms with van der Waals surface area (Å²) in [5.74, 6) is -0.794. The molecule has 0 atom stereocenters. The minimum absolute atomic E-state index is 0.386. The number of aromatic amines is 1. The summed E-state index contributed by atoms with van der Waals surface area (Å²) in [6.07, 6.45) is 0.531. The Morgan fingerprint density at radius 1 is 0.870 bits per heavy atom. The van der Waals surface area contributed by atoms with Crippen molar-refractivity contribution in [2.45, 2.75) is 13.3 Å². The second kappa shape index (κ2) is 5.06. The lowest BCUT2D eigenvalue weighted by Gasteiger charge is -2.19. The van der Waals surface area contributed by atoms with Gasteiger partial charge >= 0.3 is 0 Å². The van der Waals surface area contributed by atoms with Gasteiger partial charge in [-0.1, -0.05) is 55.5 Å². The van der Waals surface area contributed by atoms with Gasteiger partial charge in [0.2, 0.25) is 11.6 Å². The third-order valence-corrected chi connectivity index (χ3v) is 4.38. The predicted octanol–water partition coefficient (Wildman–Crippen LogP) is 4.15.